The highest BCUT2D eigenvalue weighted by molar-refractivity contribution is 6.31. The van der Waals surface area contributed by atoms with Crippen LogP contribution in [0.5, 0.6) is 5.75 Å². The molecule has 3 fully saturated rings. The fraction of sp³-hybridized carbons (Fsp3) is 0.481. The number of benzene rings is 2. The summed E-state index contributed by atoms with van der Waals surface area (Å²) in [6.45, 7) is 3.08. The van der Waals surface area contributed by atoms with E-state index < -0.39 is 5.82 Å². The highest BCUT2D eigenvalue weighted by atomic mass is 35.5. The second kappa shape index (κ2) is 9.75. The number of nitrogens with zero attached hydrogens (tertiary/aromatic N) is 1. The Morgan fingerprint density at radius 2 is 1.86 bits per heavy atom. The van der Waals surface area contributed by atoms with Crippen LogP contribution in [0.3, 0.4) is 0 Å². The summed E-state index contributed by atoms with van der Waals surface area (Å²) in [5, 5.41) is 7.28. The van der Waals surface area contributed by atoms with Crippen LogP contribution in [0.1, 0.15) is 44.6 Å². The summed E-state index contributed by atoms with van der Waals surface area (Å²) in [4.78, 5) is 27.9. The quantitative estimate of drug-likeness (QED) is 0.531. The van der Waals surface area contributed by atoms with Gasteiger partial charge in [-0.05, 0) is 80.3 Å². The number of halogens is 3. The van der Waals surface area contributed by atoms with Gasteiger partial charge in [0.1, 0.15) is 11.6 Å². The summed E-state index contributed by atoms with van der Waals surface area (Å²) < 4.78 is 19.1. The molecule has 1 heterocycles. The molecule has 1 aliphatic heterocycles. The molecule has 3 aliphatic carbocycles. The van der Waals surface area contributed by atoms with Gasteiger partial charge >= 0.3 is 0 Å². The molecule has 0 radical (unpaired) electrons. The van der Waals surface area contributed by atoms with Crippen molar-refractivity contribution >= 4 is 40.7 Å². The minimum absolute atomic E-state index is 0.00894. The van der Waals surface area contributed by atoms with Crippen molar-refractivity contribution in [1.82, 2.24) is 10.6 Å². The minimum atomic E-state index is -0.585. The van der Waals surface area contributed by atoms with Crippen molar-refractivity contribution in [2.24, 2.45) is 5.92 Å². The minimum Gasteiger partial charge on any atom is -0.484 e. The molecule has 2 aromatic rings. The zero-order valence-corrected chi connectivity index (χ0v) is 21.7. The van der Waals surface area contributed by atoms with Gasteiger partial charge in [0.2, 0.25) is 5.91 Å². The second-order valence-electron chi connectivity index (χ2n) is 10.4. The summed E-state index contributed by atoms with van der Waals surface area (Å²) in [5.41, 5.74) is 1.72. The molecule has 6 nitrogen and oxygen atoms in total. The number of amides is 2. The first-order chi connectivity index (χ1) is 17.2. The van der Waals surface area contributed by atoms with E-state index in [1.165, 1.54) is 23.8 Å². The summed E-state index contributed by atoms with van der Waals surface area (Å²) in [5.74, 6) is -0.323. The zero-order chi connectivity index (χ0) is 25.5. The number of hydrogen-bond donors (Lipinski definition) is 2. The van der Waals surface area contributed by atoms with E-state index in [9.17, 15) is 14.0 Å². The average Bonchev–Trinajstić information content (AvgIpc) is 3.22. The Balaban J connectivity index is 1.14. The Morgan fingerprint density at radius 1 is 1.08 bits per heavy atom. The molecule has 1 atom stereocenters. The molecule has 2 aromatic carbocycles. The molecular formula is C27H30Cl2FN3O3. The largest absolute Gasteiger partial charge is 0.484 e. The smallest absolute Gasteiger partial charge is 0.258 e. The lowest BCUT2D eigenvalue weighted by molar-refractivity contribution is -0.131. The van der Waals surface area contributed by atoms with E-state index in [0.717, 1.165) is 55.8 Å². The third kappa shape index (κ3) is 5.00. The number of anilines is 1. The topological polar surface area (TPSA) is 70.7 Å². The lowest BCUT2D eigenvalue weighted by Gasteiger charge is -2.57. The highest BCUT2D eigenvalue weighted by Crippen LogP contribution is 2.50. The third-order valence-electron chi connectivity index (χ3n) is 8.16. The lowest BCUT2D eigenvalue weighted by atomic mass is 9.56. The first kappa shape index (κ1) is 25.2. The third-order valence-corrected chi connectivity index (χ3v) is 8.70. The van der Waals surface area contributed by atoms with Crippen LogP contribution in [0.2, 0.25) is 10.0 Å². The molecule has 2 bridgehead atoms. The van der Waals surface area contributed by atoms with Crippen molar-refractivity contribution < 1.29 is 18.7 Å². The molecular weight excluding hydrogens is 504 g/mol. The molecule has 6 rings (SSSR count). The maximum absolute atomic E-state index is 13.6. The fourth-order valence-electron chi connectivity index (χ4n) is 6.22. The van der Waals surface area contributed by atoms with Crippen molar-refractivity contribution in [1.29, 1.82) is 0 Å². The van der Waals surface area contributed by atoms with E-state index in [1.807, 2.05) is 18.2 Å². The maximum atomic E-state index is 13.6. The van der Waals surface area contributed by atoms with E-state index in [1.54, 1.807) is 0 Å². The van der Waals surface area contributed by atoms with Gasteiger partial charge in [0, 0.05) is 34.4 Å². The SMILES string of the molecule is C[C@H]1CC2(NC(=O)CN3CCc4cc(Cl)ccc43)CCC1(NC(=O)COc1ccc(Cl)c(F)c1)CC2. The van der Waals surface area contributed by atoms with Crippen molar-refractivity contribution in [3.05, 3.63) is 57.8 Å². The van der Waals surface area contributed by atoms with Crippen LogP contribution in [0, 0.1) is 11.7 Å². The van der Waals surface area contributed by atoms with Gasteiger partial charge in [-0.3, -0.25) is 9.59 Å². The fourth-order valence-corrected chi connectivity index (χ4v) is 6.53. The first-order valence-corrected chi connectivity index (χ1v) is 13.2. The van der Waals surface area contributed by atoms with E-state index in [-0.39, 0.29) is 46.2 Å². The van der Waals surface area contributed by atoms with Gasteiger partial charge in [-0.15, -0.1) is 0 Å². The van der Waals surface area contributed by atoms with Crippen LogP contribution in [-0.2, 0) is 16.0 Å². The van der Waals surface area contributed by atoms with E-state index >= 15 is 0 Å². The number of nitrogens with one attached hydrogen (secondary N) is 2. The van der Waals surface area contributed by atoms with Crippen molar-refractivity contribution in [2.75, 3.05) is 24.6 Å². The molecule has 2 N–H and O–H groups in total. The molecule has 0 aromatic heterocycles. The Labute approximate surface area is 220 Å². The van der Waals surface area contributed by atoms with Crippen LogP contribution in [0.15, 0.2) is 36.4 Å². The summed E-state index contributed by atoms with van der Waals surface area (Å²) in [7, 11) is 0. The van der Waals surface area contributed by atoms with Crippen LogP contribution in [-0.4, -0.2) is 42.6 Å². The highest BCUT2D eigenvalue weighted by Gasteiger charge is 2.54. The monoisotopic (exact) mass is 533 g/mol. The summed E-state index contributed by atoms with van der Waals surface area (Å²) in [6.07, 6.45) is 4.93. The van der Waals surface area contributed by atoms with Crippen LogP contribution in [0.4, 0.5) is 10.1 Å². The van der Waals surface area contributed by atoms with E-state index in [0.29, 0.717) is 6.54 Å². The Morgan fingerprint density at radius 3 is 2.58 bits per heavy atom. The van der Waals surface area contributed by atoms with Gasteiger partial charge in [-0.25, -0.2) is 4.39 Å². The predicted octanol–water partition coefficient (Wildman–Crippen LogP) is 4.90. The Bertz CT molecular complexity index is 1180. The number of hydrogen-bond acceptors (Lipinski definition) is 4. The molecule has 0 saturated heterocycles. The molecule has 4 aliphatic rings. The number of carbonyl (C=O) groups is 2. The second-order valence-corrected chi connectivity index (χ2v) is 11.3. The standard InChI is InChI=1S/C27H30Cl2FN3O3/c1-17-14-26(31-24(34)15-33-11-6-18-12-19(28)2-5-23(18)33)7-9-27(17,10-8-26)32-25(35)16-36-20-3-4-21(29)22(30)13-20/h2-5,12-13,17H,6-11,14-16H2,1H3,(H,31,34)(H,32,35)/t17-,26?,27?/m0/s1. The Hall–Kier alpha value is -2.51. The molecule has 36 heavy (non-hydrogen) atoms. The molecule has 192 valence electrons. The van der Waals surface area contributed by atoms with Gasteiger partial charge in [0.05, 0.1) is 11.6 Å². The van der Waals surface area contributed by atoms with Crippen molar-refractivity contribution in [2.45, 2.75) is 56.5 Å². The average molecular weight is 534 g/mol. The van der Waals surface area contributed by atoms with Crippen LogP contribution in [0.25, 0.3) is 0 Å². The molecule has 9 heteroatoms. The van der Waals surface area contributed by atoms with Gasteiger partial charge in [-0.2, -0.15) is 0 Å². The summed E-state index contributed by atoms with van der Waals surface area (Å²) in [6, 6.07) is 9.94. The molecule has 0 unspecified atom stereocenters. The van der Waals surface area contributed by atoms with Gasteiger partial charge in [-0.1, -0.05) is 30.1 Å². The first-order valence-electron chi connectivity index (χ1n) is 12.4. The van der Waals surface area contributed by atoms with Crippen LogP contribution >= 0.6 is 23.2 Å². The molecule has 2 amide bonds. The van der Waals surface area contributed by atoms with Crippen molar-refractivity contribution in [3.63, 3.8) is 0 Å². The van der Waals surface area contributed by atoms with Crippen molar-refractivity contribution in [3.8, 4) is 5.75 Å². The number of rotatable bonds is 7. The number of ether oxygens (including phenoxy) is 1. The molecule has 0 spiro atoms. The Kier molecular flexibility index (Phi) is 6.81. The van der Waals surface area contributed by atoms with Gasteiger partial charge < -0.3 is 20.3 Å². The van der Waals surface area contributed by atoms with Gasteiger partial charge in [0.25, 0.3) is 5.91 Å². The molecule has 3 saturated carbocycles. The van der Waals surface area contributed by atoms with E-state index in [4.69, 9.17) is 27.9 Å². The summed E-state index contributed by atoms with van der Waals surface area (Å²) >= 11 is 11.8. The van der Waals surface area contributed by atoms with Crippen LogP contribution < -0.4 is 20.3 Å². The number of fused-ring (bicyclic) bond motifs is 4. The number of carbonyl (C=O) groups excluding carboxylic acids is 2. The predicted molar refractivity (Wildman–Crippen MR) is 138 cm³/mol. The lowest BCUT2D eigenvalue weighted by Crippen LogP contribution is -2.68. The normalized spacial score (nSPS) is 26.4. The maximum Gasteiger partial charge on any atom is 0.258 e. The van der Waals surface area contributed by atoms with E-state index in [2.05, 4.69) is 22.5 Å². The van der Waals surface area contributed by atoms with Gasteiger partial charge in [0.15, 0.2) is 6.61 Å². The zero-order valence-electron chi connectivity index (χ0n) is 20.2.